The SMILES string of the molecule is O=C(CNC(=O)c1cccc(OC(F)F)c1)NCc1cn(-c2ccccc2)nc1-c1ccc(F)cc1. The van der Waals surface area contributed by atoms with Crippen molar-refractivity contribution in [3.8, 4) is 22.7 Å². The Morgan fingerprint density at radius 1 is 0.944 bits per heavy atom. The fraction of sp³-hybridized carbons (Fsp3) is 0.115. The van der Waals surface area contributed by atoms with E-state index in [0.29, 0.717) is 16.8 Å². The molecular formula is C26H21F3N4O3. The van der Waals surface area contributed by atoms with Crippen LogP contribution in [0.5, 0.6) is 5.75 Å². The average Bonchev–Trinajstić information content (AvgIpc) is 3.31. The molecule has 0 spiro atoms. The van der Waals surface area contributed by atoms with Gasteiger partial charge < -0.3 is 15.4 Å². The smallest absolute Gasteiger partial charge is 0.387 e. The van der Waals surface area contributed by atoms with Crippen molar-refractivity contribution in [1.29, 1.82) is 0 Å². The van der Waals surface area contributed by atoms with Crippen LogP contribution in [-0.4, -0.2) is 34.8 Å². The highest BCUT2D eigenvalue weighted by molar-refractivity contribution is 5.96. The lowest BCUT2D eigenvalue weighted by Crippen LogP contribution is -2.36. The molecule has 36 heavy (non-hydrogen) atoms. The molecule has 10 heteroatoms. The molecule has 1 aromatic heterocycles. The Kier molecular flexibility index (Phi) is 7.64. The lowest BCUT2D eigenvalue weighted by atomic mass is 10.1. The van der Waals surface area contributed by atoms with Crippen molar-refractivity contribution in [2.24, 2.45) is 0 Å². The van der Waals surface area contributed by atoms with Gasteiger partial charge in [-0.25, -0.2) is 9.07 Å². The van der Waals surface area contributed by atoms with E-state index in [0.717, 1.165) is 11.8 Å². The molecule has 0 saturated carbocycles. The summed E-state index contributed by atoms with van der Waals surface area (Å²) in [5.41, 5.74) is 2.81. The summed E-state index contributed by atoms with van der Waals surface area (Å²) in [6, 6.07) is 20.5. The molecule has 7 nitrogen and oxygen atoms in total. The monoisotopic (exact) mass is 494 g/mol. The first-order valence-corrected chi connectivity index (χ1v) is 10.9. The molecule has 3 aromatic carbocycles. The predicted octanol–water partition coefficient (Wildman–Crippen LogP) is 4.33. The average molecular weight is 494 g/mol. The zero-order valence-electron chi connectivity index (χ0n) is 18.8. The zero-order valence-corrected chi connectivity index (χ0v) is 18.8. The number of para-hydroxylation sites is 1. The number of nitrogens with zero attached hydrogens (tertiary/aromatic N) is 2. The summed E-state index contributed by atoms with van der Waals surface area (Å²) in [5.74, 6) is -1.63. The summed E-state index contributed by atoms with van der Waals surface area (Å²) in [6.45, 7) is -3.25. The quantitative estimate of drug-likeness (QED) is 0.363. The van der Waals surface area contributed by atoms with Crippen LogP contribution < -0.4 is 15.4 Å². The molecule has 4 rings (SSSR count). The first kappa shape index (κ1) is 24.5. The number of hydrogen-bond donors (Lipinski definition) is 2. The van der Waals surface area contributed by atoms with Gasteiger partial charge in [0.2, 0.25) is 5.91 Å². The summed E-state index contributed by atoms with van der Waals surface area (Å²) < 4.78 is 44.1. The number of alkyl halides is 2. The molecule has 0 saturated heterocycles. The molecule has 0 bridgehead atoms. The van der Waals surface area contributed by atoms with Crippen LogP contribution >= 0.6 is 0 Å². The van der Waals surface area contributed by atoms with Crippen molar-refractivity contribution in [2.45, 2.75) is 13.2 Å². The highest BCUT2D eigenvalue weighted by atomic mass is 19.3. The maximum atomic E-state index is 13.4. The van der Waals surface area contributed by atoms with Crippen molar-refractivity contribution >= 4 is 11.8 Å². The molecule has 184 valence electrons. The van der Waals surface area contributed by atoms with Gasteiger partial charge in [-0.2, -0.15) is 13.9 Å². The standard InChI is InChI=1S/C26H21F3N4O3/c27-20-11-9-17(10-12-20)24-19(16-33(32-24)21-6-2-1-3-7-21)14-30-23(34)15-31-25(35)18-5-4-8-22(13-18)36-26(28)29/h1-13,16,26H,14-15H2,(H,30,34)(H,31,35). The number of nitrogens with one attached hydrogen (secondary N) is 2. The lowest BCUT2D eigenvalue weighted by molar-refractivity contribution is -0.120. The third-order valence-corrected chi connectivity index (χ3v) is 5.14. The van der Waals surface area contributed by atoms with Gasteiger partial charge in [0.05, 0.1) is 17.9 Å². The summed E-state index contributed by atoms with van der Waals surface area (Å²) in [6.07, 6.45) is 1.77. The molecule has 0 aliphatic carbocycles. The number of carbonyl (C=O) groups is 2. The molecule has 2 N–H and O–H groups in total. The second-order valence-corrected chi connectivity index (χ2v) is 7.66. The molecule has 0 atom stereocenters. The minimum absolute atomic E-state index is 0.0729. The highest BCUT2D eigenvalue weighted by Crippen LogP contribution is 2.24. The number of ether oxygens (including phenoxy) is 1. The summed E-state index contributed by atoms with van der Waals surface area (Å²) in [7, 11) is 0. The van der Waals surface area contributed by atoms with Gasteiger partial charge in [0.1, 0.15) is 11.6 Å². The Labute approximate surface area is 204 Å². The Hall–Kier alpha value is -4.60. The van der Waals surface area contributed by atoms with Crippen LogP contribution in [0, 0.1) is 5.82 Å². The van der Waals surface area contributed by atoms with Crippen LogP contribution in [0.4, 0.5) is 13.2 Å². The molecule has 1 heterocycles. The second kappa shape index (κ2) is 11.2. The van der Waals surface area contributed by atoms with E-state index in [1.165, 1.54) is 30.3 Å². The van der Waals surface area contributed by atoms with Crippen LogP contribution in [0.1, 0.15) is 15.9 Å². The molecule has 0 radical (unpaired) electrons. The van der Waals surface area contributed by atoms with Gasteiger partial charge in [0.15, 0.2) is 0 Å². The van der Waals surface area contributed by atoms with Crippen LogP contribution in [0.2, 0.25) is 0 Å². The van der Waals surface area contributed by atoms with E-state index >= 15 is 0 Å². The first-order chi connectivity index (χ1) is 17.4. The number of halogens is 3. The van der Waals surface area contributed by atoms with Gasteiger partial charge in [0, 0.05) is 29.4 Å². The van der Waals surface area contributed by atoms with Crippen molar-refractivity contribution in [1.82, 2.24) is 20.4 Å². The fourth-order valence-corrected chi connectivity index (χ4v) is 3.44. The van der Waals surface area contributed by atoms with Crippen LogP contribution in [0.25, 0.3) is 16.9 Å². The van der Waals surface area contributed by atoms with E-state index in [2.05, 4.69) is 20.5 Å². The number of carbonyl (C=O) groups excluding carboxylic acids is 2. The van der Waals surface area contributed by atoms with Gasteiger partial charge in [-0.05, 0) is 54.6 Å². The van der Waals surface area contributed by atoms with Gasteiger partial charge in [-0.1, -0.05) is 24.3 Å². The third-order valence-electron chi connectivity index (χ3n) is 5.14. The van der Waals surface area contributed by atoms with Crippen molar-refractivity contribution in [3.05, 3.63) is 102 Å². The normalized spacial score (nSPS) is 10.8. The Bertz CT molecular complexity index is 1340. The van der Waals surface area contributed by atoms with Crippen molar-refractivity contribution in [2.75, 3.05) is 6.54 Å². The fourth-order valence-electron chi connectivity index (χ4n) is 3.44. The number of amides is 2. The van der Waals surface area contributed by atoms with E-state index in [9.17, 15) is 22.8 Å². The number of aromatic nitrogens is 2. The zero-order chi connectivity index (χ0) is 25.5. The number of benzene rings is 3. The summed E-state index contributed by atoms with van der Waals surface area (Å²) in [5, 5.41) is 9.78. The van der Waals surface area contributed by atoms with Gasteiger partial charge in [-0.15, -0.1) is 0 Å². The van der Waals surface area contributed by atoms with Gasteiger partial charge >= 0.3 is 6.61 Å². The third kappa shape index (κ3) is 6.29. The summed E-state index contributed by atoms with van der Waals surface area (Å²) >= 11 is 0. The molecule has 0 unspecified atom stereocenters. The largest absolute Gasteiger partial charge is 0.435 e. The molecule has 4 aromatic rings. The molecule has 2 amide bonds. The van der Waals surface area contributed by atoms with E-state index in [1.54, 1.807) is 23.0 Å². The number of hydrogen-bond acceptors (Lipinski definition) is 4. The van der Waals surface area contributed by atoms with Crippen molar-refractivity contribution in [3.63, 3.8) is 0 Å². The second-order valence-electron chi connectivity index (χ2n) is 7.66. The van der Waals surface area contributed by atoms with Crippen LogP contribution in [0.15, 0.2) is 85.1 Å². The Morgan fingerprint density at radius 2 is 1.69 bits per heavy atom. The summed E-state index contributed by atoms with van der Waals surface area (Å²) in [4.78, 5) is 24.7. The van der Waals surface area contributed by atoms with Crippen LogP contribution in [-0.2, 0) is 11.3 Å². The highest BCUT2D eigenvalue weighted by Gasteiger charge is 2.15. The van der Waals surface area contributed by atoms with Crippen molar-refractivity contribution < 1.29 is 27.5 Å². The van der Waals surface area contributed by atoms with Crippen LogP contribution in [0.3, 0.4) is 0 Å². The minimum atomic E-state index is -3.01. The molecule has 0 aliphatic heterocycles. The van der Waals surface area contributed by atoms with Gasteiger partial charge in [0.25, 0.3) is 5.91 Å². The maximum absolute atomic E-state index is 13.4. The topological polar surface area (TPSA) is 85.3 Å². The predicted molar refractivity (Wildman–Crippen MR) is 126 cm³/mol. The molecule has 0 fully saturated rings. The molecular weight excluding hydrogens is 473 g/mol. The first-order valence-electron chi connectivity index (χ1n) is 10.9. The Balaban J connectivity index is 1.42. The Morgan fingerprint density at radius 3 is 2.42 bits per heavy atom. The lowest BCUT2D eigenvalue weighted by Gasteiger charge is -2.09. The minimum Gasteiger partial charge on any atom is -0.435 e. The maximum Gasteiger partial charge on any atom is 0.387 e. The van der Waals surface area contributed by atoms with E-state index in [-0.39, 0.29) is 30.2 Å². The number of rotatable bonds is 9. The van der Waals surface area contributed by atoms with E-state index in [4.69, 9.17) is 0 Å². The molecule has 0 aliphatic rings. The van der Waals surface area contributed by atoms with Gasteiger partial charge in [-0.3, -0.25) is 9.59 Å². The van der Waals surface area contributed by atoms with E-state index < -0.39 is 18.4 Å². The van der Waals surface area contributed by atoms with E-state index in [1.807, 2.05) is 30.3 Å².